The second kappa shape index (κ2) is 4.60. The SMILES string of the molecule is CO[Si](C)(C)CC(C)CC(C)(C)C. The molecular weight excluding hydrogens is 176 g/mol. The molecule has 0 rings (SSSR count). The van der Waals surface area contributed by atoms with Gasteiger partial charge >= 0.3 is 0 Å². The van der Waals surface area contributed by atoms with Gasteiger partial charge in [-0.25, -0.2) is 0 Å². The summed E-state index contributed by atoms with van der Waals surface area (Å²) in [5.74, 6) is 0.793. The van der Waals surface area contributed by atoms with Crippen LogP contribution in [0.15, 0.2) is 0 Å². The quantitative estimate of drug-likeness (QED) is 0.628. The van der Waals surface area contributed by atoms with Crippen LogP contribution in [0.4, 0.5) is 0 Å². The molecule has 0 fully saturated rings. The predicted octanol–water partition coefficient (Wildman–Crippen LogP) is 3.91. The van der Waals surface area contributed by atoms with E-state index in [-0.39, 0.29) is 0 Å². The monoisotopic (exact) mass is 202 g/mol. The Balaban J connectivity index is 3.94. The predicted molar refractivity (Wildman–Crippen MR) is 62.5 cm³/mol. The first-order valence-electron chi connectivity index (χ1n) is 5.21. The lowest BCUT2D eigenvalue weighted by molar-refractivity contribution is 0.308. The summed E-state index contributed by atoms with van der Waals surface area (Å²) in [6.07, 6.45) is 1.30. The van der Waals surface area contributed by atoms with Gasteiger partial charge in [-0.15, -0.1) is 0 Å². The highest BCUT2D eigenvalue weighted by Crippen LogP contribution is 2.29. The molecule has 80 valence electrons. The highest BCUT2D eigenvalue weighted by molar-refractivity contribution is 6.71. The third-order valence-corrected chi connectivity index (χ3v) is 5.14. The molecule has 0 radical (unpaired) electrons. The van der Waals surface area contributed by atoms with Crippen LogP contribution < -0.4 is 0 Å². The lowest BCUT2D eigenvalue weighted by Crippen LogP contribution is -2.31. The first-order chi connectivity index (χ1) is 5.66. The molecule has 13 heavy (non-hydrogen) atoms. The average Bonchev–Trinajstić information content (AvgIpc) is 1.81. The zero-order chi connectivity index (χ0) is 10.7. The van der Waals surface area contributed by atoms with Gasteiger partial charge in [0.25, 0.3) is 0 Å². The summed E-state index contributed by atoms with van der Waals surface area (Å²) in [5.41, 5.74) is 0.456. The molecule has 0 N–H and O–H groups in total. The highest BCUT2D eigenvalue weighted by atomic mass is 28.4. The molecule has 0 aliphatic carbocycles. The number of hydrogen-bond donors (Lipinski definition) is 0. The van der Waals surface area contributed by atoms with Gasteiger partial charge < -0.3 is 4.43 Å². The Hall–Kier alpha value is 0.177. The Morgan fingerprint density at radius 3 is 2.00 bits per heavy atom. The van der Waals surface area contributed by atoms with Gasteiger partial charge in [0, 0.05) is 7.11 Å². The molecule has 0 saturated carbocycles. The Morgan fingerprint density at radius 2 is 1.69 bits per heavy atom. The summed E-state index contributed by atoms with van der Waals surface area (Å²) >= 11 is 0. The van der Waals surface area contributed by atoms with E-state index in [9.17, 15) is 0 Å². The van der Waals surface area contributed by atoms with Crippen molar-refractivity contribution in [3.8, 4) is 0 Å². The maximum atomic E-state index is 5.56. The van der Waals surface area contributed by atoms with Crippen LogP contribution in [0.1, 0.15) is 34.1 Å². The number of hydrogen-bond acceptors (Lipinski definition) is 1. The molecule has 0 aromatic heterocycles. The van der Waals surface area contributed by atoms with E-state index in [4.69, 9.17) is 4.43 Å². The van der Waals surface area contributed by atoms with Crippen molar-refractivity contribution < 1.29 is 4.43 Å². The van der Waals surface area contributed by atoms with E-state index in [0.29, 0.717) is 5.41 Å². The van der Waals surface area contributed by atoms with Crippen LogP contribution in [0.5, 0.6) is 0 Å². The molecule has 0 aromatic rings. The summed E-state index contributed by atoms with van der Waals surface area (Å²) in [7, 11) is 0.517. The number of rotatable bonds is 4. The van der Waals surface area contributed by atoms with E-state index in [1.165, 1.54) is 12.5 Å². The van der Waals surface area contributed by atoms with Gasteiger partial charge in [0.15, 0.2) is 8.32 Å². The molecule has 0 amide bonds. The van der Waals surface area contributed by atoms with Gasteiger partial charge in [0.2, 0.25) is 0 Å². The molecule has 1 nitrogen and oxygen atoms in total. The Morgan fingerprint density at radius 1 is 1.23 bits per heavy atom. The van der Waals surface area contributed by atoms with E-state index in [1.807, 2.05) is 7.11 Å². The van der Waals surface area contributed by atoms with Gasteiger partial charge in [0.1, 0.15) is 0 Å². The van der Waals surface area contributed by atoms with E-state index in [2.05, 4.69) is 40.8 Å². The smallest absolute Gasteiger partial charge is 0.186 e. The molecule has 0 aromatic carbocycles. The van der Waals surface area contributed by atoms with Crippen LogP contribution in [0.2, 0.25) is 19.1 Å². The van der Waals surface area contributed by atoms with Gasteiger partial charge in [0.05, 0.1) is 0 Å². The van der Waals surface area contributed by atoms with Crippen molar-refractivity contribution in [1.29, 1.82) is 0 Å². The molecule has 0 bridgehead atoms. The second-order valence-corrected chi connectivity index (χ2v) is 10.4. The van der Waals surface area contributed by atoms with Crippen LogP contribution in [-0.2, 0) is 4.43 Å². The highest BCUT2D eigenvalue weighted by Gasteiger charge is 2.26. The van der Waals surface area contributed by atoms with Crippen molar-refractivity contribution in [2.24, 2.45) is 11.3 Å². The van der Waals surface area contributed by atoms with Gasteiger partial charge in [-0.05, 0) is 36.9 Å². The molecule has 1 unspecified atom stereocenters. The minimum Gasteiger partial charge on any atom is -0.420 e. The van der Waals surface area contributed by atoms with Crippen molar-refractivity contribution in [3.05, 3.63) is 0 Å². The first kappa shape index (κ1) is 13.2. The van der Waals surface area contributed by atoms with Crippen molar-refractivity contribution in [2.75, 3.05) is 7.11 Å². The zero-order valence-corrected chi connectivity index (χ0v) is 11.4. The van der Waals surface area contributed by atoms with E-state index >= 15 is 0 Å². The Labute approximate surface area is 85.0 Å². The van der Waals surface area contributed by atoms with Gasteiger partial charge in [-0.2, -0.15) is 0 Å². The average molecular weight is 202 g/mol. The molecule has 0 saturated heterocycles. The topological polar surface area (TPSA) is 9.23 Å². The van der Waals surface area contributed by atoms with Crippen LogP contribution in [0.3, 0.4) is 0 Å². The van der Waals surface area contributed by atoms with E-state index in [0.717, 1.165) is 5.92 Å². The van der Waals surface area contributed by atoms with Crippen LogP contribution in [0.25, 0.3) is 0 Å². The largest absolute Gasteiger partial charge is 0.420 e. The molecule has 1 atom stereocenters. The summed E-state index contributed by atoms with van der Waals surface area (Å²) in [4.78, 5) is 0. The summed E-state index contributed by atoms with van der Waals surface area (Å²) in [5, 5.41) is 0. The fraction of sp³-hybridized carbons (Fsp3) is 1.00. The molecular formula is C11H26OSi. The summed E-state index contributed by atoms with van der Waals surface area (Å²) < 4.78 is 5.56. The Kier molecular flexibility index (Phi) is 4.67. The molecule has 0 spiro atoms. The minimum absolute atomic E-state index is 0.456. The van der Waals surface area contributed by atoms with Crippen molar-refractivity contribution in [3.63, 3.8) is 0 Å². The van der Waals surface area contributed by atoms with Gasteiger partial charge in [-0.3, -0.25) is 0 Å². The zero-order valence-electron chi connectivity index (χ0n) is 10.4. The maximum Gasteiger partial charge on any atom is 0.186 e. The fourth-order valence-electron chi connectivity index (χ4n) is 2.04. The van der Waals surface area contributed by atoms with Crippen LogP contribution in [0, 0.1) is 11.3 Å². The van der Waals surface area contributed by atoms with E-state index < -0.39 is 8.32 Å². The molecule has 2 heteroatoms. The van der Waals surface area contributed by atoms with E-state index in [1.54, 1.807) is 0 Å². The summed E-state index contributed by atoms with van der Waals surface area (Å²) in [6, 6.07) is 1.28. The normalized spacial score (nSPS) is 15.9. The maximum absolute atomic E-state index is 5.56. The molecule has 0 heterocycles. The lowest BCUT2D eigenvalue weighted by Gasteiger charge is -2.28. The van der Waals surface area contributed by atoms with Gasteiger partial charge in [-0.1, -0.05) is 27.7 Å². The summed E-state index contributed by atoms with van der Waals surface area (Å²) in [6.45, 7) is 13.9. The first-order valence-corrected chi connectivity index (χ1v) is 8.33. The van der Waals surface area contributed by atoms with Crippen molar-refractivity contribution >= 4 is 8.32 Å². The second-order valence-electron chi connectivity index (χ2n) is 6.04. The Bertz CT molecular complexity index is 147. The minimum atomic E-state index is -1.34. The van der Waals surface area contributed by atoms with Crippen LogP contribution in [-0.4, -0.2) is 15.4 Å². The lowest BCUT2D eigenvalue weighted by atomic mass is 9.86. The standard InChI is InChI=1S/C11H26OSi/c1-10(8-11(2,3)4)9-13(6,7)12-5/h10H,8-9H2,1-7H3. The molecule has 0 aliphatic rings. The molecule has 0 aliphatic heterocycles. The van der Waals surface area contributed by atoms with Crippen LogP contribution >= 0.6 is 0 Å². The third-order valence-electron chi connectivity index (χ3n) is 2.35. The third kappa shape index (κ3) is 7.26. The van der Waals surface area contributed by atoms with Crippen molar-refractivity contribution in [2.45, 2.75) is 53.3 Å². The fourth-order valence-corrected chi connectivity index (χ4v) is 4.03. The van der Waals surface area contributed by atoms with Crippen molar-refractivity contribution in [1.82, 2.24) is 0 Å².